The minimum absolute atomic E-state index is 0.213. The number of hydrogen-bond acceptors (Lipinski definition) is 2. The average Bonchev–Trinajstić information content (AvgIpc) is 2.93. The van der Waals surface area contributed by atoms with Crippen molar-refractivity contribution in [3.63, 3.8) is 0 Å². The van der Waals surface area contributed by atoms with Gasteiger partial charge in [-0.25, -0.2) is 4.68 Å². The minimum atomic E-state index is -4.29. The normalized spacial score (nSPS) is 11.5. The van der Waals surface area contributed by atoms with Gasteiger partial charge in [0.15, 0.2) is 0 Å². The second-order valence-corrected chi connectivity index (χ2v) is 5.18. The van der Waals surface area contributed by atoms with E-state index in [1.54, 1.807) is 24.3 Å². The van der Waals surface area contributed by atoms with Crippen molar-refractivity contribution in [1.29, 1.82) is 0 Å². The van der Waals surface area contributed by atoms with E-state index in [9.17, 15) is 18.0 Å². The number of nitrogens with zero attached hydrogens (tertiary/aromatic N) is 3. The third kappa shape index (κ3) is 4.24. The van der Waals surface area contributed by atoms with Gasteiger partial charge < -0.3 is 4.90 Å². The molecule has 0 radical (unpaired) electrons. The molecule has 2 aromatic rings. The van der Waals surface area contributed by atoms with Gasteiger partial charge in [0.25, 0.3) is 5.91 Å². The van der Waals surface area contributed by atoms with Crippen LogP contribution in [0.2, 0.25) is 5.02 Å². The largest absolute Gasteiger partial charge is 0.390 e. The van der Waals surface area contributed by atoms with Gasteiger partial charge in [0, 0.05) is 24.8 Å². The van der Waals surface area contributed by atoms with Crippen LogP contribution in [0.1, 0.15) is 16.8 Å². The molecule has 0 fully saturated rings. The zero-order valence-corrected chi connectivity index (χ0v) is 12.4. The van der Waals surface area contributed by atoms with E-state index in [0.717, 1.165) is 4.90 Å². The molecule has 0 saturated heterocycles. The standard InChI is InChI=1S/C14H13ClF3N3O/c1-20(6-5-14(16,17)18)13(22)10-8-19-21(9-10)12-4-2-3-11(15)7-12/h2-4,7-9H,5-6H2,1H3. The van der Waals surface area contributed by atoms with Crippen molar-refractivity contribution in [3.05, 3.63) is 47.2 Å². The Labute approximate surface area is 130 Å². The topological polar surface area (TPSA) is 38.1 Å². The highest BCUT2D eigenvalue weighted by Gasteiger charge is 2.28. The molecule has 0 N–H and O–H groups in total. The molecule has 0 spiro atoms. The lowest BCUT2D eigenvalue weighted by atomic mass is 10.3. The number of carbonyl (C=O) groups is 1. The lowest BCUT2D eigenvalue weighted by molar-refractivity contribution is -0.136. The van der Waals surface area contributed by atoms with Crippen LogP contribution in [0, 0.1) is 0 Å². The first-order valence-electron chi connectivity index (χ1n) is 6.39. The average molecular weight is 332 g/mol. The summed E-state index contributed by atoms with van der Waals surface area (Å²) in [7, 11) is 1.32. The summed E-state index contributed by atoms with van der Waals surface area (Å²) in [5, 5.41) is 4.55. The van der Waals surface area contributed by atoms with Crippen molar-refractivity contribution in [2.75, 3.05) is 13.6 Å². The molecule has 1 aromatic carbocycles. The van der Waals surface area contributed by atoms with Gasteiger partial charge in [-0.1, -0.05) is 17.7 Å². The second kappa shape index (κ2) is 6.39. The summed E-state index contributed by atoms with van der Waals surface area (Å²) >= 11 is 5.88. The second-order valence-electron chi connectivity index (χ2n) is 4.75. The van der Waals surface area contributed by atoms with Gasteiger partial charge in [0.2, 0.25) is 0 Å². The monoisotopic (exact) mass is 331 g/mol. The van der Waals surface area contributed by atoms with Crippen LogP contribution in [0.15, 0.2) is 36.7 Å². The maximum atomic E-state index is 12.2. The number of alkyl halides is 3. The smallest absolute Gasteiger partial charge is 0.341 e. The maximum Gasteiger partial charge on any atom is 0.390 e. The molecule has 0 aliphatic rings. The molecule has 1 aromatic heterocycles. The van der Waals surface area contributed by atoms with Crippen LogP contribution in [0.5, 0.6) is 0 Å². The van der Waals surface area contributed by atoms with Crippen molar-refractivity contribution in [3.8, 4) is 5.69 Å². The summed E-state index contributed by atoms with van der Waals surface area (Å²) < 4.78 is 38.0. The summed E-state index contributed by atoms with van der Waals surface area (Å²) in [6.45, 7) is -0.398. The number of amides is 1. The summed E-state index contributed by atoms with van der Waals surface area (Å²) in [4.78, 5) is 13.1. The Balaban J connectivity index is 2.09. The van der Waals surface area contributed by atoms with Gasteiger partial charge in [-0.05, 0) is 18.2 Å². The van der Waals surface area contributed by atoms with E-state index in [1.807, 2.05) is 0 Å². The van der Waals surface area contributed by atoms with Crippen LogP contribution in [-0.4, -0.2) is 40.4 Å². The summed E-state index contributed by atoms with van der Waals surface area (Å²) in [6, 6.07) is 6.85. The van der Waals surface area contributed by atoms with Crippen LogP contribution in [0.25, 0.3) is 5.69 Å². The Morgan fingerprint density at radius 1 is 1.41 bits per heavy atom. The van der Waals surface area contributed by atoms with E-state index in [4.69, 9.17) is 11.6 Å². The minimum Gasteiger partial charge on any atom is -0.341 e. The fraction of sp³-hybridized carbons (Fsp3) is 0.286. The zero-order valence-electron chi connectivity index (χ0n) is 11.6. The first kappa shape index (κ1) is 16.4. The van der Waals surface area contributed by atoms with Gasteiger partial charge in [-0.15, -0.1) is 0 Å². The van der Waals surface area contributed by atoms with Crippen molar-refractivity contribution < 1.29 is 18.0 Å². The third-order valence-electron chi connectivity index (χ3n) is 2.98. The summed E-state index contributed by atoms with van der Waals surface area (Å²) in [5.74, 6) is -0.516. The highest BCUT2D eigenvalue weighted by molar-refractivity contribution is 6.30. The van der Waals surface area contributed by atoms with Gasteiger partial charge >= 0.3 is 6.18 Å². The van der Waals surface area contributed by atoms with Crippen molar-refractivity contribution >= 4 is 17.5 Å². The first-order valence-corrected chi connectivity index (χ1v) is 6.77. The Hall–Kier alpha value is -2.02. The predicted octanol–water partition coefficient (Wildman–Crippen LogP) is 3.55. The maximum absolute atomic E-state index is 12.2. The van der Waals surface area contributed by atoms with E-state index in [-0.39, 0.29) is 5.56 Å². The number of benzene rings is 1. The SMILES string of the molecule is CN(CCC(F)(F)F)C(=O)c1cnn(-c2cccc(Cl)c2)c1. The number of hydrogen-bond donors (Lipinski definition) is 0. The lowest BCUT2D eigenvalue weighted by Crippen LogP contribution is -2.30. The fourth-order valence-electron chi connectivity index (χ4n) is 1.81. The van der Waals surface area contributed by atoms with E-state index in [1.165, 1.54) is 24.1 Å². The molecule has 0 saturated carbocycles. The molecule has 1 heterocycles. The molecule has 0 atom stereocenters. The number of aromatic nitrogens is 2. The first-order chi connectivity index (χ1) is 10.3. The Bertz CT molecular complexity index is 669. The highest BCUT2D eigenvalue weighted by Crippen LogP contribution is 2.20. The molecule has 0 unspecified atom stereocenters. The molecule has 8 heteroatoms. The van der Waals surface area contributed by atoms with Crippen LogP contribution in [-0.2, 0) is 0 Å². The fourth-order valence-corrected chi connectivity index (χ4v) is 1.99. The molecule has 0 aliphatic carbocycles. The van der Waals surface area contributed by atoms with E-state index >= 15 is 0 Å². The Kier molecular flexibility index (Phi) is 4.75. The molecule has 0 bridgehead atoms. The molecule has 118 valence electrons. The zero-order chi connectivity index (χ0) is 16.3. The van der Waals surface area contributed by atoms with Crippen LogP contribution >= 0.6 is 11.6 Å². The van der Waals surface area contributed by atoms with Crippen molar-refractivity contribution in [1.82, 2.24) is 14.7 Å². The summed E-state index contributed by atoms with van der Waals surface area (Å²) in [5.41, 5.74) is 0.870. The molecular formula is C14H13ClF3N3O. The molecule has 4 nitrogen and oxygen atoms in total. The number of carbonyl (C=O) groups excluding carboxylic acids is 1. The van der Waals surface area contributed by atoms with Gasteiger partial charge in [0.1, 0.15) is 0 Å². The Morgan fingerprint density at radius 2 is 2.14 bits per heavy atom. The lowest BCUT2D eigenvalue weighted by Gasteiger charge is -2.17. The molecule has 2 rings (SSSR count). The van der Waals surface area contributed by atoms with Crippen LogP contribution in [0.3, 0.4) is 0 Å². The van der Waals surface area contributed by atoms with Gasteiger partial charge in [-0.3, -0.25) is 4.79 Å². The molecule has 0 aliphatic heterocycles. The van der Waals surface area contributed by atoms with Gasteiger partial charge in [0.05, 0.1) is 23.9 Å². The molecule has 22 heavy (non-hydrogen) atoms. The number of halogens is 4. The van der Waals surface area contributed by atoms with Crippen molar-refractivity contribution in [2.45, 2.75) is 12.6 Å². The number of rotatable bonds is 4. The third-order valence-corrected chi connectivity index (χ3v) is 3.21. The van der Waals surface area contributed by atoms with E-state index in [2.05, 4.69) is 5.10 Å². The van der Waals surface area contributed by atoms with E-state index in [0.29, 0.717) is 10.7 Å². The van der Waals surface area contributed by atoms with Gasteiger partial charge in [-0.2, -0.15) is 18.3 Å². The predicted molar refractivity (Wildman–Crippen MR) is 76.2 cm³/mol. The van der Waals surface area contributed by atoms with Crippen LogP contribution in [0.4, 0.5) is 13.2 Å². The van der Waals surface area contributed by atoms with Crippen LogP contribution < -0.4 is 0 Å². The Morgan fingerprint density at radius 3 is 2.77 bits per heavy atom. The molecule has 1 amide bonds. The highest BCUT2D eigenvalue weighted by atomic mass is 35.5. The van der Waals surface area contributed by atoms with Crippen molar-refractivity contribution in [2.24, 2.45) is 0 Å². The summed E-state index contributed by atoms with van der Waals surface area (Å²) in [6.07, 6.45) is -2.57. The quantitative estimate of drug-likeness (QED) is 0.859. The molecular weight excluding hydrogens is 319 g/mol. The van der Waals surface area contributed by atoms with E-state index < -0.39 is 25.0 Å².